The van der Waals surface area contributed by atoms with Crippen LogP contribution < -0.4 is 4.74 Å². The highest BCUT2D eigenvalue weighted by Gasteiger charge is 2.03. The molecule has 0 saturated heterocycles. The molecule has 1 aromatic carbocycles. The van der Waals surface area contributed by atoms with Gasteiger partial charge in [0.15, 0.2) is 6.79 Å². The highest BCUT2D eigenvalue weighted by atomic mass is 16.8. The third-order valence-electron chi connectivity index (χ3n) is 3.05. The van der Waals surface area contributed by atoms with Gasteiger partial charge in [0.1, 0.15) is 5.75 Å². The molecule has 1 rings (SSSR count). The minimum absolute atomic E-state index is 0.0842. The summed E-state index contributed by atoms with van der Waals surface area (Å²) in [4.78, 5) is 11.2. The summed E-state index contributed by atoms with van der Waals surface area (Å²) in [5.41, 5.74) is 0. The van der Waals surface area contributed by atoms with E-state index in [0.717, 1.165) is 12.8 Å². The van der Waals surface area contributed by atoms with Crippen molar-refractivity contribution >= 4 is 6.16 Å². The first kappa shape index (κ1) is 18.3. The Labute approximate surface area is 132 Å². The summed E-state index contributed by atoms with van der Waals surface area (Å²) in [6, 6.07) is 9.10. The highest BCUT2D eigenvalue weighted by molar-refractivity contribution is 5.59. The molecule has 0 atom stereocenters. The van der Waals surface area contributed by atoms with E-state index in [2.05, 4.69) is 6.92 Å². The molecule has 0 aromatic heterocycles. The summed E-state index contributed by atoms with van der Waals surface area (Å²) in [6.07, 6.45) is 6.40. The number of unbranched alkanes of at least 4 members (excludes halogenated alkanes) is 5. The van der Waals surface area contributed by atoms with Crippen LogP contribution in [0.15, 0.2) is 30.3 Å². The van der Waals surface area contributed by atoms with Crippen LogP contribution in [-0.4, -0.2) is 26.3 Å². The van der Waals surface area contributed by atoms with Crippen LogP contribution in [0.25, 0.3) is 0 Å². The minimum Gasteiger partial charge on any atom is -0.457 e. The van der Waals surface area contributed by atoms with Gasteiger partial charge in [-0.1, -0.05) is 57.2 Å². The Kier molecular flexibility index (Phi) is 10.8. The number of para-hydroxylation sites is 1. The van der Waals surface area contributed by atoms with Crippen molar-refractivity contribution in [2.24, 2.45) is 0 Å². The molecule has 0 aliphatic carbocycles. The van der Waals surface area contributed by atoms with Gasteiger partial charge < -0.3 is 18.9 Å². The van der Waals surface area contributed by atoms with Gasteiger partial charge in [0.25, 0.3) is 0 Å². The smallest absolute Gasteiger partial charge is 0.457 e. The van der Waals surface area contributed by atoms with E-state index in [1.165, 1.54) is 25.7 Å². The predicted molar refractivity (Wildman–Crippen MR) is 83.7 cm³/mol. The van der Waals surface area contributed by atoms with Crippen molar-refractivity contribution in [1.82, 2.24) is 0 Å². The van der Waals surface area contributed by atoms with Gasteiger partial charge in [-0.2, -0.15) is 0 Å². The average Bonchev–Trinajstić information content (AvgIpc) is 2.54. The van der Waals surface area contributed by atoms with E-state index in [0.29, 0.717) is 12.4 Å². The zero-order chi connectivity index (χ0) is 15.9. The molecular weight excluding hydrogens is 284 g/mol. The summed E-state index contributed by atoms with van der Waals surface area (Å²) in [6.45, 7) is 2.53. The topological polar surface area (TPSA) is 54.0 Å². The molecule has 0 unspecified atom stereocenters. The molecule has 0 heterocycles. The largest absolute Gasteiger partial charge is 0.513 e. The summed E-state index contributed by atoms with van der Waals surface area (Å²) in [5, 5.41) is 0. The predicted octanol–water partition coefficient (Wildman–Crippen LogP) is 4.51. The van der Waals surface area contributed by atoms with Gasteiger partial charge in [-0.15, -0.1) is 0 Å². The maximum Gasteiger partial charge on any atom is 0.513 e. The highest BCUT2D eigenvalue weighted by Crippen LogP contribution is 2.08. The first-order valence-electron chi connectivity index (χ1n) is 7.88. The number of rotatable bonds is 12. The average molecular weight is 310 g/mol. The van der Waals surface area contributed by atoms with Crippen molar-refractivity contribution in [2.45, 2.75) is 45.4 Å². The van der Waals surface area contributed by atoms with Crippen LogP contribution in [0.1, 0.15) is 45.4 Å². The third-order valence-corrected chi connectivity index (χ3v) is 3.05. The number of hydrogen-bond donors (Lipinski definition) is 0. The Morgan fingerprint density at radius 3 is 2.36 bits per heavy atom. The van der Waals surface area contributed by atoms with E-state index < -0.39 is 6.16 Å². The zero-order valence-electron chi connectivity index (χ0n) is 13.3. The third kappa shape index (κ3) is 10.0. The minimum atomic E-state index is -0.793. The molecule has 5 heteroatoms. The maximum atomic E-state index is 11.2. The SMILES string of the molecule is CCCCCCCCOCOC(=O)OCOc1ccccc1. The van der Waals surface area contributed by atoms with E-state index in [9.17, 15) is 4.79 Å². The van der Waals surface area contributed by atoms with Gasteiger partial charge in [0.05, 0.1) is 6.61 Å². The molecule has 0 bridgehead atoms. The van der Waals surface area contributed by atoms with Crippen molar-refractivity contribution < 1.29 is 23.7 Å². The molecule has 22 heavy (non-hydrogen) atoms. The molecule has 0 aliphatic rings. The van der Waals surface area contributed by atoms with Crippen molar-refractivity contribution in [2.75, 3.05) is 20.2 Å². The van der Waals surface area contributed by atoms with E-state index in [4.69, 9.17) is 18.9 Å². The monoisotopic (exact) mass is 310 g/mol. The fourth-order valence-corrected chi connectivity index (χ4v) is 1.84. The summed E-state index contributed by atoms with van der Waals surface area (Å²) >= 11 is 0. The molecule has 1 aromatic rings. The van der Waals surface area contributed by atoms with Crippen LogP contribution in [0, 0.1) is 0 Å². The molecule has 0 radical (unpaired) electrons. The van der Waals surface area contributed by atoms with Crippen LogP contribution in [-0.2, 0) is 14.2 Å². The van der Waals surface area contributed by atoms with Crippen molar-refractivity contribution in [3.8, 4) is 5.75 Å². The standard InChI is InChI=1S/C17H26O5/c1-2-3-4-5-6-10-13-19-14-21-17(18)22-15-20-16-11-8-7-9-12-16/h7-9,11-12H,2-6,10,13-15H2,1H3. The molecular formula is C17H26O5. The van der Waals surface area contributed by atoms with E-state index in [1.54, 1.807) is 12.1 Å². The molecule has 5 nitrogen and oxygen atoms in total. The molecule has 0 amide bonds. The molecule has 0 fully saturated rings. The zero-order valence-corrected chi connectivity index (χ0v) is 13.3. The summed E-state index contributed by atoms with van der Waals surface area (Å²) in [5.74, 6) is 0.634. The number of hydrogen-bond acceptors (Lipinski definition) is 5. The molecule has 124 valence electrons. The van der Waals surface area contributed by atoms with Crippen molar-refractivity contribution in [1.29, 1.82) is 0 Å². The Morgan fingerprint density at radius 1 is 0.909 bits per heavy atom. The molecule has 0 spiro atoms. The molecule has 0 N–H and O–H groups in total. The summed E-state index contributed by atoms with van der Waals surface area (Å²) < 4.78 is 19.9. The van der Waals surface area contributed by atoms with Gasteiger partial charge in [-0.3, -0.25) is 0 Å². The molecule has 0 saturated carbocycles. The second-order valence-corrected chi connectivity index (χ2v) is 4.91. The van der Waals surface area contributed by atoms with Crippen LogP contribution in [0.4, 0.5) is 4.79 Å². The van der Waals surface area contributed by atoms with E-state index in [-0.39, 0.29) is 13.6 Å². The van der Waals surface area contributed by atoms with Crippen LogP contribution >= 0.6 is 0 Å². The van der Waals surface area contributed by atoms with Crippen LogP contribution in [0.2, 0.25) is 0 Å². The number of carbonyl (C=O) groups is 1. The second kappa shape index (κ2) is 13.0. The number of ether oxygens (including phenoxy) is 4. The van der Waals surface area contributed by atoms with Crippen molar-refractivity contribution in [3.05, 3.63) is 30.3 Å². The number of benzene rings is 1. The van der Waals surface area contributed by atoms with Crippen molar-refractivity contribution in [3.63, 3.8) is 0 Å². The lowest BCUT2D eigenvalue weighted by Crippen LogP contribution is -2.14. The lowest BCUT2D eigenvalue weighted by Gasteiger charge is -2.08. The van der Waals surface area contributed by atoms with Gasteiger partial charge in [-0.25, -0.2) is 4.79 Å². The quantitative estimate of drug-likeness (QED) is 0.323. The molecule has 0 aliphatic heterocycles. The van der Waals surface area contributed by atoms with Gasteiger partial charge in [0, 0.05) is 0 Å². The lowest BCUT2D eigenvalue weighted by atomic mass is 10.1. The van der Waals surface area contributed by atoms with Crippen LogP contribution in [0.5, 0.6) is 5.75 Å². The van der Waals surface area contributed by atoms with Gasteiger partial charge in [0.2, 0.25) is 6.79 Å². The lowest BCUT2D eigenvalue weighted by molar-refractivity contribution is -0.0607. The van der Waals surface area contributed by atoms with Gasteiger partial charge >= 0.3 is 6.16 Å². The van der Waals surface area contributed by atoms with E-state index in [1.807, 2.05) is 18.2 Å². The Bertz CT molecular complexity index is 380. The fourth-order valence-electron chi connectivity index (χ4n) is 1.84. The second-order valence-electron chi connectivity index (χ2n) is 4.91. The summed E-state index contributed by atoms with van der Waals surface area (Å²) in [7, 11) is 0. The Balaban J connectivity index is 1.87. The Hall–Kier alpha value is -1.75. The Morgan fingerprint density at radius 2 is 1.59 bits per heavy atom. The normalized spacial score (nSPS) is 10.2. The number of carbonyl (C=O) groups excluding carboxylic acids is 1. The van der Waals surface area contributed by atoms with Crippen LogP contribution in [0.3, 0.4) is 0 Å². The fraction of sp³-hybridized carbons (Fsp3) is 0.588. The first-order valence-corrected chi connectivity index (χ1v) is 7.88. The van der Waals surface area contributed by atoms with E-state index >= 15 is 0 Å². The van der Waals surface area contributed by atoms with Gasteiger partial charge in [-0.05, 0) is 18.6 Å². The first-order chi connectivity index (χ1) is 10.8. The maximum absolute atomic E-state index is 11.2.